The fourth-order valence-corrected chi connectivity index (χ4v) is 2.66. The molecule has 1 aliphatic heterocycles. The van der Waals surface area contributed by atoms with Crippen LogP contribution in [0.2, 0.25) is 0 Å². The number of hydrogen-bond acceptors (Lipinski definition) is 5. The van der Waals surface area contributed by atoms with Crippen LogP contribution in [0.5, 0.6) is 5.75 Å². The number of ether oxygens (including phenoxy) is 1. The van der Waals surface area contributed by atoms with Gasteiger partial charge in [0.25, 0.3) is 0 Å². The van der Waals surface area contributed by atoms with E-state index >= 15 is 0 Å². The largest absolute Gasteiger partial charge is 0.492 e. The van der Waals surface area contributed by atoms with Crippen molar-refractivity contribution in [2.45, 2.75) is 0 Å². The molecule has 3 rings (SSSR count). The maximum atomic E-state index is 8.77. The monoisotopic (exact) mass is 308 g/mol. The molecule has 0 saturated carbocycles. The van der Waals surface area contributed by atoms with Crippen LogP contribution in [0.25, 0.3) is 0 Å². The van der Waals surface area contributed by atoms with E-state index in [9.17, 15) is 0 Å². The summed E-state index contributed by atoms with van der Waals surface area (Å²) in [6.07, 6.45) is 1.84. The summed E-state index contributed by atoms with van der Waals surface area (Å²) >= 11 is 0. The van der Waals surface area contributed by atoms with Gasteiger partial charge in [0.1, 0.15) is 18.2 Å². The van der Waals surface area contributed by atoms with Gasteiger partial charge >= 0.3 is 0 Å². The molecule has 1 aromatic carbocycles. The number of benzene rings is 1. The van der Waals surface area contributed by atoms with Crippen LogP contribution in [0.15, 0.2) is 48.7 Å². The maximum absolute atomic E-state index is 8.77. The second-order valence-corrected chi connectivity index (χ2v) is 5.50. The first-order chi connectivity index (χ1) is 11.3. The lowest BCUT2D eigenvalue weighted by Crippen LogP contribution is -2.47. The van der Waals surface area contributed by atoms with Gasteiger partial charge in [-0.05, 0) is 36.4 Å². The summed E-state index contributed by atoms with van der Waals surface area (Å²) in [5, 5.41) is 8.77. The minimum atomic E-state index is 0.656. The van der Waals surface area contributed by atoms with Crippen molar-refractivity contribution < 1.29 is 4.74 Å². The molecule has 1 aromatic heterocycles. The van der Waals surface area contributed by atoms with Gasteiger partial charge < -0.3 is 9.64 Å². The van der Waals surface area contributed by atoms with Crippen molar-refractivity contribution in [1.29, 1.82) is 5.26 Å². The van der Waals surface area contributed by atoms with E-state index in [1.54, 1.807) is 12.1 Å². The molecular formula is C18H20N4O. The topological polar surface area (TPSA) is 52.4 Å². The van der Waals surface area contributed by atoms with E-state index in [0.29, 0.717) is 12.2 Å². The molecule has 0 amide bonds. The van der Waals surface area contributed by atoms with Gasteiger partial charge in [0.05, 0.1) is 11.6 Å². The zero-order valence-corrected chi connectivity index (χ0v) is 13.1. The number of rotatable bonds is 5. The molecule has 2 heterocycles. The zero-order chi connectivity index (χ0) is 15.9. The Labute approximate surface area is 136 Å². The number of pyridine rings is 1. The first-order valence-electron chi connectivity index (χ1n) is 7.86. The molecule has 5 nitrogen and oxygen atoms in total. The van der Waals surface area contributed by atoms with E-state index < -0.39 is 0 Å². The van der Waals surface area contributed by atoms with E-state index in [0.717, 1.165) is 44.3 Å². The maximum Gasteiger partial charge on any atom is 0.128 e. The van der Waals surface area contributed by atoms with Crippen molar-refractivity contribution in [3.05, 3.63) is 54.2 Å². The number of anilines is 1. The summed E-state index contributed by atoms with van der Waals surface area (Å²) in [6, 6.07) is 15.4. The van der Waals surface area contributed by atoms with E-state index in [2.05, 4.69) is 26.9 Å². The first kappa shape index (κ1) is 15.3. The highest BCUT2D eigenvalue weighted by atomic mass is 16.5. The quantitative estimate of drug-likeness (QED) is 0.847. The van der Waals surface area contributed by atoms with Crippen LogP contribution in [-0.2, 0) is 0 Å². The summed E-state index contributed by atoms with van der Waals surface area (Å²) in [4.78, 5) is 9.13. The Hall–Kier alpha value is -2.58. The lowest BCUT2D eigenvalue weighted by atomic mass is 10.2. The molecular weight excluding hydrogens is 288 g/mol. The van der Waals surface area contributed by atoms with Crippen LogP contribution in [0.4, 0.5) is 5.82 Å². The summed E-state index contributed by atoms with van der Waals surface area (Å²) < 4.78 is 5.74. The second-order valence-electron chi connectivity index (χ2n) is 5.50. The van der Waals surface area contributed by atoms with Gasteiger partial charge in [-0.25, -0.2) is 4.98 Å². The Morgan fingerprint density at radius 2 is 1.83 bits per heavy atom. The standard InChI is InChI=1S/C18H20N4O/c19-15-16-4-6-17(7-5-16)23-14-13-21-9-11-22(12-10-21)18-3-1-2-8-20-18/h1-8H,9-14H2. The highest BCUT2D eigenvalue weighted by Gasteiger charge is 2.17. The van der Waals surface area contributed by atoms with Crippen molar-refractivity contribution in [1.82, 2.24) is 9.88 Å². The molecule has 1 fully saturated rings. The van der Waals surface area contributed by atoms with Crippen molar-refractivity contribution in [3.8, 4) is 11.8 Å². The molecule has 118 valence electrons. The molecule has 0 unspecified atom stereocenters. The number of nitrogens with zero attached hydrogens (tertiary/aromatic N) is 4. The Morgan fingerprint density at radius 3 is 2.48 bits per heavy atom. The summed E-state index contributed by atoms with van der Waals surface area (Å²) in [7, 11) is 0. The smallest absolute Gasteiger partial charge is 0.128 e. The Kier molecular flexibility index (Phi) is 5.07. The van der Waals surface area contributed by atoms with Gasteiger partial charge in [-0.1, -0.05) is 6.07 Å². The number of hydrogen-bond donors (Lipinski definition) is 0. The zero-order valence-electron chi connectivity index (χ0n) is 13.1. The van der Waals surface area contributed by atoms with Crippen LogP contribution < -0.4 is 9.64 Å². The number of nitriles is 1. The number of aromatic nitrogens is 1. The summed E-state index contributed by atoms with van der Waals surface area (Å²) in [6.45, 7) is 5.61. The van der Waals surface area contributed by atoms with Crippen molar-refractivity contribution >= 4 is 5.82 Å². The van der Waals surface area contributed by atoms with Crippen LogP contribution in [-0.4, -0.2) is 49.2 Å². The summed E-state index contributed by atoms with van der Waals surface area (Å²) in [5.74, 6) is 1.87. The van der Waals surface area contributed by atoms with Gasteiger partial charge in [0.15, 0.2) is 0 Å². The molecule has 0 aliphatic carbocycles. The lowest BCUT2D eigenvalue weighted by Gasteiger charge is -2.35. The van der Waals surface area contributed by atoms with Crippen molar-refractivity contribution in [2.75, 3.05) is 44.2 Å². The third-order valence-electron chi connectivity index (χ3n) is 4.01. The van der Waals surface area contributed by atoms with E-state index in [4.69, 9.17) is 10.00 Å². The van der Waals surface area contributed by atoms with E-state index in [-0.39, 0.29) is 0 Å². The molecule has 1 saturated heterocycles. The van der Waals surface area contributed by atoms with Gasteiger partial charge in [0.2, 0.25) is 0 Å². The van der Waals surface area contributed by atoms with Crippen LogP contribution in [0.3, 0.4) is 0 Å². The molecule has 0 spiro atoms. The van der Waals surface area contributed by atoms with Crippen molar-refractivity contribution in [3.63, 3.8) is 0 Å². The van der Waals surface area contributed by atoms with Gasteiger partial charge in [-0.2, -0.15) is 5.26 Å². The lowest BCUT2D eigenvalue weighted by molar-refractivity contribution is 0.200. The van der Waals surface area contributed by atoms with Gasteiger partial charge in [0, 0.05) is 38.9 Å². The predicted molar refractivity (Wildman–Crippen MR) is 89.5 cm³/mol. The van der Waals surface area contributed by atoms with Crippen LogP contribution >= 0.6 is 0 Å². The highest BCUT2D eigenvalue weighted by molar-refractivity contribution is 5.38. The normalized spacial score (nSPS) is 15.2. The molecule has 0 bridgehead atoms. The number of piperazine rings is 1. The highest BCUT2D eigenvalue weighted by Crippen LogP contribution is 2.13. The first-order valence-corrected chi connectivity index (χ1v) is 7.86. The average Bonchev–Trinajstić information content (AvgIpc) is 2.64. The molecule has 2 aromatic rings. The van der Waals surface area contributed by atoms with Crippen LogP contribution in [0.1, 0.15) is 5.56 Å². The molecule has 0 radical (unpaired) electrons. The van der Waals surface area contributed by atoms with Gasteiger partial charge in [-0.3, -0.25) is 4.90 Å². The Bertz CT molecular complexity index is 643. The average molecular weight is 308 g/mol. The molecule has 0 N–H and O–H groups in total. The third-order valence-corrected chi connectivity index (χ3v) is 4.01. The minimum absolute atomic E-state index is 0.656. The Morgan fingerprint density at radius 1 is 1.04 bits per heavy atom. The molecule has 5 heteroatoms. The molecule has 1 aliphatic rings. The van der Waals surface area contributed by atoms with Crippen molar-refractivity contribution in [2.24, 2.45) is 0 Å². The Balaban J connectivity index is 1.40. The molecule has 23 heavy (non-hydrogen) atoms. The summed E-state index contributed by atoms with van der Waals surface area (Å²) in [5.41, 5.74) is 0.656. The fourth-order valence-electron chi connectivity index (χ4n) is 2.66. The SMILES string of the molecule is N#Cc1ccc(OCCN2CCN(c3ccccn3)CC2)cc1. The van der Waals surface area contributed by atoms with Crippen LogP contribution in [0, 0.1) is 11.3 Å². The predicted octanol–water partition coefficient (Wildman–Crippen LogP) is 2.15. The fraction of sp³-hybridized carbons (Fsp3) is 0.333. The van der Waals surface area contributed by atoms with E-state index in [1.165, 1.54) is 0 Å². The minimum Gasteiger partial charge on any atom is -0.492 e. The third kappa shape index (κ3) is 4.21. The van der Waals surface area contributed by atoms with Gasteiger partial charge in [-0.15, -0.1) is 0 Å². The van der Waals surface area contributed by atoms with E-state index in [1.807, 2.05) is 30.5 Å². The molecule has 0 atom stereocenters. The second kappa shape index (κ2) is 7.61.